The molecule has 1 aliphatic heterocycles. The molecule has 1 unspecified atom stereocenters. The fraction of sp³-hybridized carbons (Fsp3) is 0.600. The smallest absolute Gasteiger partial charge is 0.127 e. The maximum atomic E-state index is 9.84. The Kier molecular flexibility index (Phi) is 5.25. The lowest BCUT2D eigenvalue weighted by atomic mass is 10.1. The van der Waals surface area contributed by atoms with Gasteiger partial charge in [0.15, 0.2) is 0 Å². The van der Waals surface area contributed by atoms with Crippen molar-refractivity contribution in [3.63, 3.8) is 0 Å². The van der Waals surface area contributed by atoms with E-state index in [1.807, 2.05) is 0 Å². The van der Waals surface area contributed by atoms with E-state index in [1.165, 1.54) is 11.1 Å². The zero-order valence-corrected chi connectivity index (χ0v) is 13.2. The monoisotopic (exact) mass is 327 g/mol. The molecule has 1 aromatic carbocycles. The summed E-state index contributed by atoms with van der Waals surface area (Å²) >= 11 is 3.54. The van der Waals surface area contributed by atoms with E-state index in [4.69, 9.17) is 4.74 Å². The molecule has 0 bridgehead atoms. The molecule has 0 amide bonds. The highest BCUT2D eigenvalue weighted by Crippen LogP contribution is 2.32. The fourth-order valence-corrected chi connectivity index (χ4v) is 3.03. The maximum Gasteiger partial charge on any atom is 0.127 e. The topological polar surface area (TPSA) is 41.5 Å². The Bertz CT molecular complexity index is 434. The van der Waals surface area contributed by atoms with E-state index in [0.717, 1.165) is 36.2 Å². The zero-order valence-electron chi connectivity index (χ0n) is 11.6. The summed E-state index contributed by atoms with van der Waals surface area (Å²) in [6, 6.07) is 4.21. The average Bonchev–Trinajstić information content (AvgIpc) is 2.75. The molecule has 1 aliphatic rings. The molecule has 1 aromatic rings. The normalized spacial score (nSPS) is 15.4. The minimum absolute atomic E-state index is 0.277. The molecular formula is C15H22BrNO2. The molecule has 0 saturated heterocycles. The molecule has 3 nitrogen and oxygen atoms in total. The minimum atomic E-state index is -0.277. The first-order valence-corrected chi connectivity index (χ1v) is 7.68. The largest absolute Gasteiger partial charge is 0.493 e. The van der Waals surface area contributed by atoms with E-state index in [1.54, 1.807) is 0 Å². The van der Waals surface area contributed by atoms with Crippen molar-refractivity contribution < 1.29 is 9.84 Å². The van der Waals surface area contributed by atoms with Gasteiger partial charge in [-0.25, -0.2) is 0 Å². The molecule has 1 heterocycles. The highest BCUT2D eigenvalue weighted by molar-refractivity contribution is 9.10. The first-order valence-electron chi connectivity index (χ1n) is 6.89. The highest BCUT2D eigenvalue weighted by atomic mass is 79.9. The number of aliphatic hydroxyl groups is 1. The van der Waals surface area contributed by atoms with Crippen molar-refractivity contribution in [2.75, 3.05) is 13.2 Å². The maximum absolute atomic E-state index is 9.84. The van der Waals surface area contributed by atoms with Crippen LogP contribution in [-0.4, -0.2) is 24.4 Å². The van der Waals surface area contributed by atoms with Crippen LogP contribution in [0.25, 0.3) is 0 Å². The predicted molar refractivity (Wildman–Crippen MR) is 80.5 cm³/mol. The lowest BCUT2D eigenvalue weighted by molar-refractivity contribution is 0.146. The van der Waals surface area contributed by atoms with Gasteiger partial charge in [0.2, 0.25) is 0 Å². The van der Waals surface area contributed by atoms with Crippen LogP contribution in [0.2, 0.25) is 0 Å². The number of nitrogens with one attached hydrogen (secondary N) is 1. The summed E-state index contributed by atoms with van der Waals surface area (Å²) in [6.07, 6.45) is 1.54. The van der Waals surface area contributed by atoms with Crippen molar-refractivity contribution in [1.29, 1.82) is 0 Å². The van der Waals surface area contributed by atoms with E-state index in [0.29, 0.717) is 12.5 Å². The summed E-state index contributed by atoms with van der Waals surface area (Å²) in [4.78, 5) is 0. The van der Waals surface area contributed by atoms with Gasteiger partial charge in [-0.05, 0) is 30.0 Å². The van der Waals surface area contributed by atoms with Gasteiger partial charge in [-0.3, -0.25) is 0 Å². The lowest BCUT2D eigenvalue weighted by Gasteiger charge is -2.15. The number of hydrogen-bond acceptors (Lipinski definition) is 3. The summed E-state index contributed by atoms with van der Waals surface area (Å²) in [6.45, 7) is 6.38. The number of rotatable bonds is 6. The summed E-state index contributed by atoms with van der Waals surface area (Å²) in [5.74, 6) is 1.55. The van der Waals surface area contributed by atoms with Crippen LogP contribution in [0.5, 0.6) is 5.75 Å². The molecule has 0 spiro atoms. The average molecular weight is 328 g/mol. The van der Waals surface area contributed by atoms with E-state index in [9.17, 15) is 5.11 Å². The molecule has 106 valence electrons. The summed E-state index contributed by atoms with van der Waals surface area (Å²) in [5, 5.41) is 13.2. The third kappa shape index (κ3) is 4.20. The number of halogens is 1. The van der Waals surface area contributed by atoms with Gasteiger partial charge in [-0.1, -0.05) is 29.8 Å². The van der Waals surface area contributed by atoms with Gasteiger partial charge < -0.3 is 15.2 Å². The van der Waals surface area contributed by atoms with E-state index in [-0.39, 0.29) is 6.10 Å². The van der Waals surface area contributed by atoms with Crippen LogP contribution in [-0.2, 0) is 13.0 Å². The number of benzene rings is 1. The second kappa shape index (κ2) is 6.73. The number of ether oxygens (including phenoxy) is 1. The molecule has 2 N–H and O–H groups in total. The minimum Gasteiger partial charge on any atom is -0.493 e. The Balaban J connectivity index is 1.90. The van der Waals surface area contributed by atoms with E-state index >= 15 is 0 Å². The van der Waals surface area contributed by atoms with Crippen LogP contribution in [0.4, 0.5) is 0 Å². The second-order valence-electron chi connectivity index (χ2n) is 5.57. The van der Waals surface area contributed by atoms with Crippen LogP contribution in [0, 0.1) is 5.92 Å². The quantitative estimate of drug-likeness (QED) is 0.844. The van der Waals surface area contributed by atoms with Crippen molar-refractivity contribution in [2.45, 2.75) is 39.3 Å². The second-order valence-corrected chi connectivity index (χ2v) is 6.48. The van der Waals surface area contributed by atoms with Crippen LogP contribution in [0.3, 0.4) is 0 Å². The fourth-order valence-electron chi connectivity index (χ4n) is 2.48. The summed E-state index contributed by atoms with van der Waals surface area (Å²) in [5.41, 5.74) is 2.44. The molecule has 0 fully saturated rings. The van der Waals surface area contributed by atoms with Gasteiger partial charge in [0.1, 0.15) is 5.75 Å². The first-order chi connectivity index (χ1) is 9.06. The molecule has 2 rings (SSSR count). The molecule has 0 aliphatic carbocycles. The third-order valence-corrected chi connectivity index (χ3v) is 3.72. The predicted octanol–water partition coefficient (Wildman–Crippen LogP) is 2.88. The Morgan fingerprint density at radius 3 is 2.95 bits per heavy atom. The van der Waals surface area contributed by atoms with Gasteiger partial charge in [-0.15, -0.1) is 0 Å². The van der Waals surface area contributed by atoms with Crippen LogP contribution in [0.15, 0.2) is 16.6 Å². The van der Waals surface area contributed by atoms with Crippen molar-refractivity contribution in [2.24, 2.45) is 5.92 Å². The third-order valence-electron chi connectivity index (χ3n) is 3.26. The molecular weight excluding hydrogens is 306 g/mol. The molecule has 0 radical (unpaired) electrons. The molecule has 0 aromatic heterocycles. The molecule has 4 heteroatoms. The molecule has 1 atom stereocenters. The Hall–Kier alpha value is -0.580. The van der Waals surface area contributed by atoms with Gasteiger partial charge in [0.05, 0.1) is 12.7 Å². The zero-order chi connectivity index (χ0) is 13.8. The van der Waals surface area contributed by atoms with Crippen LogP contribution < -0.4 is 10.1 Å². The SMILES string of the molecule is CC(C)CC(O)CNCc1cc(Br)cc2c1OCC2. The van der Waals surface area contributed by atoms with E-state index in [2.05, 4.69) is 47.2 Å². The van der Waals surface area contributed by atoms with Gasteiger partial charge in [0, 0.05) is 29.5 Å². The van der Waals surface area contributed by atoms with Crippen molar-refractivity contribution >= 4 is 15.9 Å². The number of aliphatic hydroxyl groups excluding tert-OH is 1. The van der Waals surface area contributed by atoms with Crippen molar-refractivity contribution in [1.82, 2.24) is 5.32 Å². The first kappa shape index (κ1) is 14.8. The highest BCUT2D eigenvalue weighted by Gasteiger charge is 2.17. The Labute approximate surface area is 123 Å². The Morgan fingerprint density at radius 2 is 2.21 bits per heavy atom. The van der Waals surface area contributed by atoms with Gasteiger partial charge >= 0.3 is 0 Å². The molecule has 19 heavy (non-hydrogen) atoms. The lowest BCUT2D eigenvalue weighted by Crippen LogP contribution is -2.27. The van der Waals surface area contributed by atoms with Gasteiger partial charge in [-0.2, -0.15) is 0 Å². The number of fused-ring (bicyclic) bond motifs is 1. The summed E-state index contributed by atoms with van der Waals surface area (Å²) in [7, 11) is 0. The Morgan fingerprint density at radius 1 is 1.42 bits per heavy atom. The standard InChI is InChI=1S/C15H22BrNO2/c1-10(2)5-14(18)9-17-8-12-7-13(16)6-11-3-4-19-15(11)12/h6-7,10,14,17-18H,3-5,8-9H2,1-2H3. The van der Waals surface area contributed by atoms with Crippen molar-refractivity contribution in [3.05, 3.63) is 27.7 Å². The van der Waals surface area contributed by atoms with E-state index < -0.39 is 0 Å². The molecule has 0 saturated carbocycles. The summed E-state index contributed by atoms with van der Waals surface area (Å²) < 4.78 is 6.78. The number of hydrogen-bond donors (Lipinski definition) is 2. The van der Waals surface area contributed by atoms with Crippen LogP contribution in [0.1, 0.15) is 31.4 Å². The van der Waals surface area contributed by atoms with Crippen LogP contribution >= 0.6 is 15.9 Å². The van der Waals surface area contributed by atoms with Gasteiger partial charge in [0.25, 0.3) is 0 Å². The van der Waals surface area contributed by atoms with Crippen molar-refractivity contribution in [3.8, 4) is 5.75 Å².